The zero-order chi connectivity index (χ0) is 16.8. The number of aromatic amines is 1. The number of aromatic nitrogens is 1. The van der Waals surface area contributed by atoms with Gasteiger partial charge in [-0.05, 0) is 56.4 Å². The number of hydrogen-bond donors (Lipinski definition) is 2. The highest BCUT2D eigenvalue weighted by atomic mass is 16.5. The molecule has 3 heteroatoms. The minimum Gasteiger partial charge on any atom is -0.497 e. The van der Waals surface area contributed by atoms with Crippen molar-refractivity contribution < 1.29 is 10.1 Å². The van der Waals surface area contributed by atoms with Gasteiger partial charge in [-0.25, -0.2) is 0 Å². The molecular formula is C21H29N2O+. The highest BCUT2D eigenvalue weighted by Gasteiger charge is 2.38. The Kier molecular flexibility index (Phi) is 3.92. The maximum absolute atomic E-state index is 5.44. The number of nitrogens with two attached hydrogens (primary N) is 1. The summed E-state index contributed by atoms with van der Waals surface area (Å²) < 4.78 is 5.44. The number of nitrogens with one attached hydrogen (secondary N) is 1. The summed E-state index contributed by atoms with van der Waals surface area (Å²) in [7, 11) is 1.75. The van der Waals surface area contributed by atoms with Crippen molar-refractivity contribution in [1.29, 1.82) is 0 Å². The first kappa shape index (κ1) is 15.8. The number of ether oxygens (including phenoxy) is 1. The number of H-pyrrole nitrogens is 1. The molecule has 0 amide bonds. The van der Waals surface area contributed by atoms with Crippen molar-refractivity contribution in [3.63, 3.8) is 0 Å². The highest BCUT2D eigenvalue weighted by molar-refractivity contribution is 5.86. The van der Waals surface area contributed by atoms with E-state index in [2.05, 4.69) is 49.3 Å². The Balaban J connectivity index is 1.76. The molecule has 1 aromatic heterocycles. The third-order valence-corrected chi connectivity index (χ3v) is 6.39. The van der Waals surface area contributed by atoms with Gasteiger partial charge in [0.25, 0.3) is 0 Å². The molecule has 2 aliphatic rings. The van der Waals surface area contributed by atoms with Gasteiger partial charge >= 0.3 is 0 Å². The van der Waals surface area contributed by atoms with E-state index in [0.29, 0.717) is 6.04 Å². The second-order valence-corrected chi connectivity index (χ2v) is 7.84. The Hall–Kier alpha value is -1.74. The van der Waals surface area contributed by atoms with Gasteiger partial charge in [0.1, 0.15) is 11.8 Å². The fraction of sp³-hybridized carbons (Fsp3) is 0.524. The first-order chi connectivity index (χ1) is 11.6. The van der Waals surface area contributed by atoms with Gasteiger partial charge in [0.2, 0.25) is 0 Å². The summed E-state index contributed by atoms with van der Waals surface area (Å²) in [6, 6.07) is 6.99. The van der Waals surface area contributed by atoms with Gasteiger partial charge in [-0.1, -0.05) is 18.1 Å². The number of hydrogen-bond acceptors (Lipinski definition) is 1. The monoisotopic (exact) mass is 325 g/mol. The van der Waals surface area contributed by atoms with E-state index in [1.165, 1.54) is 41.5 Å². The molecule has 128 valence electrons. The summed E-state index contributed by atoms with van der Waals surface area (Å²) in [6.07, 6.45) is 3.64. The van der Waals surface area contributed by atoms with E-state index in [9.17, 15) is 0 Å². The molecule has 1 aromatic carbocycles. The fourth-order valence-corrected chi connectivity index (χ4v) is 4.86. The molecule has 1 aliphatic heterocycles. The van der Waals surface area contributed by atoms with Gasteiger partial charge in [-0.2, -0.15) is 0 Å². The van der Waals surface area contributed by atoms with Crippen molar-refractivity contribution in [2.24, 2.45) is 11.8 Å². The van der Waals surface area contributed by atoms with E-state index in [-0.39, 0.29) is 0 Å². The molecule has 0 saturated carbocycles. The van der Waals surface area contributed by atoms with Crippen LogP contribution < -0.4 is 10.1 Å². The van der Waals surface area contributed by atoms with E-state index in [4.69, 9.17) is 4.74 Å². The Morgan fingerprint density at radius 1 is 1.17 bits per heavy atom. The van der Waals surface area contributed by atoms with Crippen LogP contribution in [0.25, 0.3) is 10.9 Å². The normalized spacial score (nSPS) is 27.4. The van der Waals surface area contributed by atoms with Crippen LogP contribution in [0.15, 0.2) is 29.3 Å². The van der Waals surface area contributed by atoms with Crippen LogP contribution >= 0.6 is 0 Å². The van der Waals surface area contributed by atoms with Crippen molar-refractivity contribution in [1.82, 2.24) is 4.98 Å². The van der Waals surface area contributed by atoms with Gasteiger partial charge in [-0.3, -0.25) is 0 Å². The SMILES string of the molecule is COc1ccc2[nH]c3c(c2c1)CC[NH2+][C@H]3[C@@H]1CC(C)=C(C)C[C@@H]1C. The minimum absolute atomic E-state index is 0.560. The minimum atomic E-state index is 0.560. The van der Waals surface area contributed by atoms with E-state index in [1.54, 1.807) is 18.3 Å². The molecule has 0 saturated heterocycles. The highest BCUT2D eigenvalue weighted by Crippen LogP contribution is 2.42. The van der Waals surface area contributed by atoms with Crippen molar-refractivity contribution in [3.05, 3.63) is 40.6 Å². The topological polar surface area (TPSA) is 41.6 Å². The Morgan fingerprint density at radius 3 is 2.75 bits per heavy atom. The molecule has 0 spiro atoms. The number of methoxy groups -OCH3 is 1. The van der Waals surface area contributed by atoms with Gasteiger partial charge in [0.05, 0.1) is 19.3 Å². The van der Waals surface area contributed by atoms with Gasteiger partial charge < -0.3 is 15.0 Å². The van der Waals surface area contributed by atoms with Crippen LogP contribution in [0.4, 0.5) is 0 Å². The molecule has 4 rings (SSSR count). The first-order valence-electron chi connectivity index (χ1n) is 9.25. The van der Waals surface area contributed by atoms with Crippen LogP contribution in [0, 0.1) is 11.8 Å². The van der Waals surface area contributed by atoms with Crippen LogP contribution in [0.2, 0.25) is 0 Å². The summed E-state index contributed by atoms with van der Waals surface area (Å²) in [5.41, 5.74) is 7.46. The Morgan fingerprint density at radius 2 is 1.96 bits per heavy atom. The molecule has 0 radical (unpaired) electrons. The lowest BCUT2D eigenvalue weighted by Gasteiger charge is -2.36. The van der Waals surface area contributed by atoms with Crippen LogP contribution in [-0.2, 0) is 6.42 Å². The quantitative estimate of drug-likeness (QED) is 0.812. The number of rotatable bonds is 2. The van der Waals surface area contributed by atoms with Gasteiger partial charge in [0.15, 0.2) is 0 Å². The molecule has 24 heavy (non-hydrogen) atoms. The molecule has 3 atom stereocenters. The third-order valence-electron chi connectivity index (χ3n) is 6.39. The second-order valence-electron chi connectivity index (χ2n) is 7.84. The average molecular weight is 325 g/mol. The van der Waals surface area contributed by atoms with E-state index in [1.807, 2.05) is 0 Å². The summed E-state index contributed by atoms with van der Waals surface area (Å²) in [4.78, 5) is 3.76. The fourth-order valence-electron chi connectivity index (χ4n) is 4.86. The van der Waals surface area contributed by atoms with Crippen LogP contribution in [-0.4, -0.2) is 18.6 Å². The lowest BCUT2D eigenvalue weighted by Crippen LogP contribution is -2.88. The maximum atomic E-state index is 5.44. The smallest absolute Gasteiger partial charge is 0.130 e. The van der Waals surface area contributed by atoms with E-state index in [0.717, 1.165) is 24.0 Å². The second kappa shape index (κ2) is 5.96. The maximum Gasteiger partial charge on any atom is 0.130 e. The standard InChI is InChI=1S/C21H28N2O/c1-12-9-14(3)17(10-13(12)2)20-21-16(7-8-22-20)18-11-15(24-4)5-6-19(18)23-21/h5-6,11,14,17,20,22-23H,7-10H2,1-4H3/p+1/t14-,17+,20-/m0/s1. The molecule has 0 fully saturated rings. The van der Waals surface area contributed by atoms with Crippen LogP contribution in [0.3, 0.4) is 0 Å². The number of benzene rings is 1. The summed E-state index contributed by atoms with van der Waals surface area (Å²) in [5.74, 6) is 2.43. The summed E-state index contributed by atoms with van der Waals surface area (Å²) in [6.45, 7) is 8.27. The molecule has 0 bridgehead atoms. The molecule has 2 heterocycles. The average Bonchev–Trinajstić information content (AvgIpc) is 2.96. The van der Waals surface area contributed by atoms with Gasteiger partial charge in [-0.15, -0.1) is 0 Å². The van der Waals surface area contributed by atoms with Crippen molar-refractivity contribution in [2.45, 2.75) is 46.1 Å². The zero-order valence-corrected chi connectivity index (χ0v) is 15.3. The first-order valence-corrected chi connectivity index (χ1v) is 9.25. The van der Waals surface area contributed by atoms with Crippen molar-refractivity contribution in [2.75, 3.05) is 13.7 Å². The van der Waals surface area contributed by atoms with E-state index >= 15 is 0 Å². The van der Waals surface area contributed by atoms with E-state index < -0.39 is 0 Å². The van der Waals surface area contributed by atoms with Crippen molar-refractivity contribution in [3.8, 4) is 5.75 Å². The number of allylic oxidation sites excluding steroid dienone is 2. The molecule has 1 aliphatic carbocycles. The molecule has 3 N–H and O–H groups in total. The van der Waals surface area contributed by atoms with Gasteiger partial charge in [0, 0.05) is 23.2 Å². The lowest BCUT2D eigenvalue weighted by atomic mass is 9.72. The summed E-state index contributed by atoms with van der Waals surface area (Å²) in [5, 5.41) is 3.93. The largest absolute Gasteiger partial charge is 0.497 e. The lowest BCUT2D eigenvalue weighted by molar-refractivity contribution is -0.707. The summed E-state index contributed by atoms with van der Waals surface area (Å²) >= 11 is 0. The molecule has 2 aromatic rings. The van der Waals surface area contributed by atoms with Crippen LogP contribution in [0.1, 0.15) is 50.9 Å². The molecule has 0 unspecified atom stereocenters. The predicted octanol–water partition coefficient (Wildman–Crippen LogP) is 3.72. The zero-order valence-electron chi connectivity index (χ0n) is 15.3. The Bertz CT molecular complexity index is 802. The predicted molar refractivity (Wildman–Crippen MR) is 98.4 cm³/mol. The molecular weight excluding hydrogens is 296 g/mol. The van der Waals surface area contributed by atoms with Crippen molar-refractivity contribution >= 4 is 10.9 Å². The Labute approximate surface area is 144 Å². The number of fused-ring (bicyclic) bond motifs is 3. The van der Waals surface area contributed by atoms with Crippen LogP contribution in [0.5, 0.6) is 5.75 Å². The number of quaternary nitrogens is 1. The molecule has 3 nitrogen and oxygen atoms in total. The third kappa shape index (κ3) is 2.46.